The summed E-state index contributed by atoms with van der Waals surface area (Å²) in [6.07, 6.45) is 6.52. The van der Waals surface area contributed by atoms with Gasteiger partial charge in [-0.1, -0.05) is 24.3 Å². The Balaban J connectivity index is 1.00. The third kappa shape index (κ3) is 7.32. The maximum Gasteiger partial charge on any atom is 0.410 e. The van der Waals surface area contributed by atoms with Crippen LogP contribution in [0.5, 0.6) is 0 Å². The van der Waals surface area contributed by atoms with Crippen LogP contribution < -0.4 is 11.1 Å². The second kappa shape index (κ2) is 14.2. The number of amides is 4. The average molecular weight is 685 g/mol. The smallest absolute Gasteiger partial charge is 0.410 e. The first-order valence-corrected chi connectivity index (χ1v) is 18.4. The van der Waals surface area contributed by atoms with E-state index in [0.29, 0.717) is 51.6 Å². The van der Waals surface area contributed by atoms with Gasteiger partial charge in [-0.15, -0.1) is 0 Å². The molecule has 0 unspecified atom stereocenters. The summed E-state index contributed by atoms with van der Waals surface area (Å²) in [4.78, 5) is 53.6. The number of fused-ring (bicyclic) bond motifs is 2. The Hall–Kier alpha value is -4.16. The lowest BCUT2D eigenvalue weighted by molar-refractivity contribution is -0.142. The summed E-state index contributed by atoms with van der Waals surface area (Å²) < 4.78 is 8.14. The van der Waals surface area contributed by atoms with Gasteiger partial charge in [0.05, 0.1) is 17.4 Å². The van der Waals surface area contributed by atoms with Crippen LogP contribution in [0.15, 0.2) is 42.7 Å². The van der Waals surface area contributed by atoms with Gasteiger partial charge in [0, 0.05) is 82.6 Å². The van der Waals surface area contributed by atoms with Crippen LogP contribution in [0.3, 0.4) is 0 Å². The number of carbonyl (C=O) groups is 3. The first-order valence-electron chi connectivity index (χ1n) is 18.4. The molecule has 50 heavy (non-hydrogen) atoms. The number of aryl methyl sites for hydroxylation is 2. The van der Waals surface area contributed by atoms with Gasteiger partial charge in [-0.2, -0.15) is 0 Å². The molecule has 0 saturated carbocycles. The van der Waals surface area contributed by atoms with Crippen molar-refractivity contribution in [3.63, 3.8) is 0 Å². The van der Waals surface area contributed by atoms with Gasteiger partial charge in [-0.25, -0.2) is 14.6 Å². The number of carbonyl (C=O) groups excluding carboxylic acids is 3. The van der Waals surface area contributed by atoms with Gasteiger partial charge < -0.3 is 40.0 Å². The van der Waals surface area contributed by atoms with Gasteiger partial charge in [-0.3, -0.25) is 4.79 Å². The molecule has 5 heterocycles. The van der Waals surface area contributed by atoms with Gasteiger partial charge in [-0.05, 0) is 87.6 Å². The van der Waals surface area contributed by atoms with Crippen LogP contribution >= 0.6 is 0 Å². The number of nitrogens with one attached hydrogen (secondary N) is 1. The van der Waals surface area contributed by atoms with Crippen molar-refractivity contribution >= 4 is 34.8 Å². The minimum Gasteiger partial charge on any atom is -0.436 e. The molecule has 12 heteroatoms. The van der Waals surface area contributed by atoms with Crippen LogP contribution in [0.2, 0.25) is 0 Å². The van der Waals surface area contributed by atoms with Gasteiger partial charge in [0.15, 0.2) is 6.10 Å². The fourth-order valence-electron chi connectivity index (χ4n) is 8.46. The summed E-state index contributed by atoms with van der Waals surface area (Å²) in [6.45, 7) is 9.00. The maximum absolute atomic E-state index is 14.2. The number of nitrogens with two attached hydrogens (primary N) is 1. The second-order valence-corrected chi connectivity index (χ2v) is 15.2. The molecule has 7 rings (SSSR count). The summed E-state index contributed by atoms with van der Waals surface area (Å²) >= 11 is 0. The molecular weight excluding hydrogens is 632 g/mol. The zero-order chi connectivity index (χ0) is 35.0. The molecule has 268 valence electrons. The van der Waals surface area contributed by atoms with Crippen LogP contribution in [0.1, 0.15) is 62.1 Å². The van der Waals surface area contributed by atoms with Crippen LogP contribution in [0.25, 0.3) is 11.0 Å². The third-order valence-electron chi connectivity index (χ3n) is 11.5. The number of urea groups is 1. The number of nitrogens with zero attached hydrogens (tertiary/aromatic N) is 6. The molecule has 3 saturated heterocycles. The number of benzene rings is 2. The second-order valence-electron chi connectivity index (χ2n) is 15.2. The summed E-state index contributed by atoms with van der Waals surface area (Å²) in [6, 6.07) is 12.4. The Morgan fingerprint density at radius 1 is 0.980 bits per heavy atom. The molecule has 0 aliphatic carbocycles. The van der Waals surface area contributed by atoms with E-state index in [-0.39, 0.29) is 29.9 Å². The quantitative estimate of drug-likeness (QED) is 0.397. The van der Waals surface area contributed by atoms with Crippen LogP contribution in [0.4, 0.5) is 15.3 Å². The molecule has 3 aromatic rings. The fraction of sp³-hybridized carbons (Fsp3) is 0.579. The van der Waals surface area contributed by atoms with Crippen molar-refractivity contribution < 1.29 is 19.1 Å². The van der Waals surface area contributed by atoms with Crippen molar-refractivity contribution in [2.75, 3.05) is 51.1 Å². The number of rotatable bonds is 6. The maximum atomic E-state index is 14.2. The molecule has 3 fully saturated rings. The highest BCUT2D eigenvalue weighted by molar-refractivity contribution is 5.91. The standard InChI is InChI=1S/C38H52N8O4/c1-26-22-27(23-32-34(26)42(3)25-40-32)24-33(35(47)44-15-9-29(10-16-44)43-20-13-38(2,39)14-21-43)50-37(49)45-17-11-30(12-18-45)46-19-8-28-6-4-5-7-31(28)41-36(46)48/h4-7,22-23,25,29-30,33H,8-21,24,39H2,1-3H3,(H,41,48)/t33-/m1/s1. The van der Waals surface area contributed by atoms with E-state index >= 15 is 0 Å². The molecule has 12 nitrogen and oxygen atoms in total. The molecule has 2 aromatic carbocycles. The number of ether oxygens (including phenoxy) is 1. The fourth-order valence-corrected chi connectivity index (χ4v) is 8.46. The van der Waals surface area contributed by atoms with Crippen molar-refractivity contribution in [2.24, 2.45) is 12.8 Å². The summed E-state index contributed by atoms with van der Waals surface area (Å²) in [5.74, 6) is -0.139. The van der Waals surface area contributed by atoms with Crippen molar-refractivity contribution in [3.8, 4) is 0 Å². The van der Waals surface area contributed by atoms with Gasteiger partial charge in [0.2, 0.25) is 0 Å². The molecule has 0 spiro atoms. The number of anilines is 1. The van der Waals surface area contributed by atoms with Gasteiger partial charge in [0.25, 0.3) is 5.91 Å². The minimum atomic E-state index is -0.944. The molecule has 0 bridgehead atoms. The number of hydrogen-bond donors (Lipinski definition) is 2. The molecule has 4 amide bonds. The highest BCUT2D eigenvalue weighted by atomic mass is 16.6. The number of aromatic nitrogens is 2. The molecule has 1 aromatic heterocycles. The molecule has 0 radical (unpaired) electrons. The Kier molecular flexibility index (Phi) is 9.76. The van der Waals surface area contributed by atoms with E-state index in [0.717, 1.165) is 78.6 Å². The zero-order valence-electron chi connectivity index (χ0n) is 29.8. The Morgan fingerprint density at radius 3 is 2.40 bits per heavy atom. The zero-order valence-corrected chi connectivity index (χ0v) is 29.8. The Labute approximate surface area is 294 Å². The molecule has 4 aliphatic heterocycles. The first kappa shape index (κ1) is 34.3. The molecule has 4 aliphatic rings. The van der Waals surface area contributed by atoms with Crippen LogP contribution in [-0.2, 0) is 29.4 Å². The van der Waals surface area contributed by atoms with Crippen molar-refractivity contribution in [3.05, 3.63) is 59.4 Å². The highest BCUT2D eigenvalue weighted by Gasteiger charge is 2.37. The minimum absolute atomic E-state index is 0.0265. The van der Waals surface area contributed by atoms with Gasteiger partial charge >= 0.3 is 12.1 Å². The Morgan fingerprint density at radius 2 is 1.66 bits per heavy atom. The van der Waals surface area contributed by atoms with Crippen molar-refractivity contribution in [2.45, 2.75) is 88.9 Å². The van der Waals surface area contributed by atoms with Gasteiger partial charge in [0.1, 0.15) is 0 Å². The van der Waals surface area contributed by atoms with E-state index in [1.54, 1.807) is 11.2 Å². The number of para-hydroxylation sites is 1. The van der Waals surface area contributed by atoms with E-state index in [1.807, 2.05) is 52.6 Å². The van der Waals surface area contributed by atoms with Crippen LogP contribution in [-0.4, -0.2) is 117 Å². The SMILES string of the molecule is Cc1cc(C[C@@H](OC(=O)N2CCC(N3CCc4ccccc4NC3=O)CC2)C(=O)N2CCC(N3CCC(C)(N)CC3)CC2)cc2ncn(C)c12. The normalized spacial score (nSPS) is 21.4. The number of imidazole rings is 1. The number of likely N-dealkylation sites (tertiary alicyclic amines) is 3. The monoisotopic (exact) mass is 684 g/mol. The number of hydrogen-bond acceptors (Lipinski definition) is 7. The first-order chi connectivity index (χ1) is 24.0. The van der Waals surface area contributed by atoms with E-state index < -0.39 is 12.2 Å². The topological polar surface area (TPSA) is 129 Å². The molecular formula is C38H52N8O4. The van der Waals surface area contributed by atoms with E-state index in [2.05, 4.69) is 34.3 Å². The predicted molar refractivity (Wildman–Crippen MR) is 193 cm³/mol. The largest absolute Gasteiger partial charge is 0.436 e. The lowest BCUT2D eigenvalue weighted by Gasteiger charge is -2.44. The highest BCUT2D eigenvalue weighted by Crippen LogP contribution is 2.28. The molecule has 3 N–H and O–H groups in total. The van der Waals surface area contributed by atoms with Crippen molar-refractivity contribution in [1.82, 2.24) is 29.2 Å². The Bertz CT molecular complexity index is 1710. The summed E-state index contributed by atoms with van der Waals surface area (Å²) in [5, 5.41) is 3.06. The summed E-state index contributed by atoms with van der Waals surface area (Å²) in [5.41, 5.74) is 12.2. The van der Waals surface area contributed by atoms with E-state index in [1.165, 1.54) is 0 Å². The van der Waals surface area contributed by atoms with E-state index in [9.17, 15) is 14.4 Å². The van der Waals surface area contributed by atoms with Crippen molar-refractivity contribution in [1.29, 1.82) is 0 Å². The predicted octanol–water partition coefficient (Wildman–Crippen LogP) is 4.29. The van der Waals surface area contributed by atoms with Crippen LogP contribution in [0, 0.1) is 6.92 Å². The lowest BCUT2D eigenvalue weighted by atomic mass is 9.89. The third-order valence-corrected chi connectivity index (χ3v) is 11.5. The van der Waals surface area contributed by atoms with E-state index in [4.69, 9.17) is 10.5 Å². The lowest BCUT2D eigenvalue weighted by Crippen LogP contribution is -2.55. The number of piperidine rings is 3. The average Bonchev–Trinajstić information content (AvgIpc) is 3.40. The molecule has 1 atom stereocenters. The summed E-state index contributed by atoms with van der Waals surface area (Å²) in [7, 11) is 1.97.